The van der Waals surface area contributed by atoms with E-state index in [1.54, 1.807) is 0 Å². The van der Waals surface area contributed by atoms with Gasteiger partial charge in [-0.2, -0.15) is 31.6 Å². The van der Waals surface area contributed by atoms with Gasteiger partial charge in [-0.15, -0.1) is 0 Å². The summed E-state index contributed by atoms with van der Waals surface area (Å²) in [5.74, 6) is -0.633. The maximum Gasteiger partial charge on any atom is 0.534 e. The summed E-state index contributed by atoms with van der Waals surface area (Å²) in [7, 11) is -3.95. The maximum absolute atomic E-state index is 13.1. The number of nitrogens with zero attached hydrogens (tertiary/aromatic N) is 4. The minimum atomic E-state index is -5.91. The number of aromatic nitrogens is 2. The molecule has 12 heteroatoms. The molecule has 37 heavy (non-hydrogen) atoms. The van der Waals surface area contributed by atoms with Crippen molar-refractivity contribution >= 4 is 26.6 Å². The number of rotatable bonds is 6. The number of benzene rings is 2. The van der Waals surface area contributed by atoms with Crippen LogP contribution in [-0.4, -0.2) is 61.6 Å². The number of likely N-dealkylation sites (N-methyl/N-ethyl adjacent to an activating group) is 1. The molecular weight excluding hydrogens is 509 g/mol. The molecule has 0 amide bonds. The number of ether oxygens (including phenoxy) is 1. The molecule has 0 spiro atoms. The van der Waals surface area contributed by atoms with Crippen LogP contribution in [0, 0.1) is 6.92 Å². The van der Waals surface area contributed by atoms with E-state index in [0.717, 1.165) is 41.4 Å². The molecule has 8 nitrogen and oxygen atoms in total. The van der Waals surface area contributed by atoms with E-state index >= 15 is 0 Å². The van der Waals surface area contributed by atoms with Gasteiger partial charge in [0.05, 0.1) is 12.2 Å². The van der Waals surface area contributed by atoms with E-state index in [0.29, 0.717) is 12.2 Å². The Bertz CT molecular complexity index is 1430. The Kier molecular flexibility index (Phi) is 6.65. The average molecular weight is 537 g/mol. The van der Waals surface area contributed by atoms with Crippen LogP contribution < -0.4 is 13.8 Å². The number of alkyl halides is 3. The van der Waals surface area contributed by atoms with Gasteiger partial charge < -0.3 is 18.7 Å². The Morgan fingerprint density at radius 2 is 1.86 bits per heavy atom. The van der Waals surface area contributed by atoms with Gasteiger partial charge in [-0.1, -0.05) is 30.3 Å². The van der Waals surface area contributed by atoms with Crippen LogP contribution in [0.3, 0.4) is 0 Å². The number of anilines is 1. The van der Waals surface area contributed by atoms with Gasteiger partial charge in [0.2, 0.25) is 5.88 Å². The molecule has 0 aliphatic carbocycles. The number of hydrogen-bond donors (Lipinski definition) is 0. The summed E-state index contributed by atoms with van der Waals surface area (Å²) in [6, 6.07) is 11.9. The topological polar surface area (TPSA) is 84.9 Å². The van der Waals surface area contributed by atoms with Crippen LogP contribution in [-0.2, 0) is 23.1 Å². The summed E-state index contributed by atoms with van der Waals surface area (Å²) in [5, 5.41) is 2.13. The molecular formula is C25H27F3N4O4S. The van der Waals surface area contributed by atoms with Crippen molar-refractivity contribution in [1.82, 2.24) is 14.9 Å². The Morgan fingerprint density at radius 3 is 2.57 bits per heavy atom. The number of likely N-dealkylation sites (tertiary alicyclic amines) is 1. The lowest BCUT2D eigenvalue weighted by Crippen LogP contribution is -2.34. The third-order valence-electron chi connectivity index (χ3n) is 6.99. The first-order chi connectivity index (χ1) is 17.5. The molecule has 1 atom stereocenters. The molecule has 1 fully saturated rings. The van der Waals surface area contributed by atoms with Crippen molar-refractivity contribution in [3.05, 3.63) is 53.2 Å². The molecule has 2 aliphatic rings. The van der Waals surface area contributed by atoms with Gasteiger partial charge >= 0.3 is 21.6 Å². The van der Waals surface area contributed by atoms with Gasteiger partial charge in [0, 0.05) is 29.2 Å². The lowest BCUT2D eigenvalue weighted by Gasteiger charge is -2.32. The third kappa shape index (κ3) is 5.04. The Balaban J connectivity index is 1.51. The van der Waals surface area contributed by atoms with E-state index in [2.05, 4.69) is 24.0 Å². The van der Waals surface area contributed by atoms with Gasteiger partial charge in [0.25, 0.3) is 0 Å². The lowest BCUT2D eigenvalue weighted by atomic mass is 10.0. The van der Waals surface area contributed by atoms with Crippen molar-refractivity contribution in [3.63, 3.8) is 0 Å². The van der Waals surface area contributed by atoms with Crippen LogP contribution in [0.1, 0.15) is 29.7 Å². The quantitative estimate of drug-likeness (QED) is 0.342. The van der Waals surface area contributed by atoms with Gasteiger partial charge in [-0.25, -0.2) is 0 Å². The molecule has 198 valence electrons. The smallest absolute Gasteiger partial charge is 0.462 e. The molecule has 2 aliphatic heterocycles. The van der Waals surface area contributed by atoms with Gasteiger partial charge in [-0.05, 0) is 56.8 Å². The molecule has 1 unspecified atom stereocenters. The Hall–Kier alpha value is -3.12. The fourth-order valence-corrected chi connectivity index (χ4v) is 5.43. The summed E-state index contributed by atoms with van der Waals surface area (Å²) in [5.41, 5.74) is -2.94. The van der Waals surface area contributed by atoms with Crippen molar-refractivity contribution in [2.45, 2.75) is 44.3 Å². The molecule has 3 aromatic rings. The predicted molar refractivity (Wildman–Crippen MR) is 132 cm³/mol. The third-order valence-corrected chi connectivity index (χ3v) is 7.93. The van der Waals surface area contributed by atoms with E-state index in [-0.39, 0.29) is 37.2 Å². The molecule has 0 bridgehead atoms. The first-order valence-corrected chi connectivity index (χ1v) is 13.4. The standard InChI is InChI=1S/C25H27F3N4O4S/c1-16-6-3-7-17-8-4-10-21(22(16)17)32-13-11-19-20(14-32)29-24(35-15-18-9-5-12-31(18)2)30-23(19)36-37(33,34)25(26,27)28/h3-4,6-8,10,18H,5,9,11-15H2,1-2H3. The first-order valence-electron chi connectivity index (χ1n) is 12.0. The van der Waals surface area contributed by atoms with Crippen molar-refractivity contribution in [2.24, 2.45) is 0 Å². The summed E-state index contributed by atoms with van der Waals surface area (Å²) < 4.78 is 73.3. The number of fused-ring (bicyclic) bond motifs is 2. The second-order valence-corrected chi connectivity index (χ2v) is 11.0. The highest BCUT2D eigenvalue weighted by atomic mass is 32.2. The van der Waals surface area contributed by atoms with E-state index < -0.39 is 21.5 Å². The van der Waals surface area contributed by atoms with Gasteiger partial charge in [0.15, 0.2) is 0 Å². The average Bonchev–Trinajstić information content (AvgIpc) is 3.26. The van der Waals surface area contributed by atoms with Crippen LogP contribution in [0.5, 0.6) is 11.9 Å². The summed E-state index contributed by atoms with van der Waals surface area (Å²) >= 11 is 0. The fourth-order valence-electron chi connectivity index (χ4n) is 4.99. The number of aryl methyl sites for hydroxylation is 1. The minimum absolute atomic E-state index is 0.109. The highest BCUT2D eigenvalue weighted by Gasteiger charge is 2.49. The van der Waals surface area contributed by atoms with Crippen molar-refractivity contribution in [2.75, 3.05) is 31.6 Å². The zero-order valence-corrected chi connectivity index (χ0v) is 21.3. The SMILES string of the molecule is Cc1cccc2cccc(N3CCc4c(nc(OCC5CCCN5C)nc4OS(=O)(=O)C(F)(F)F)C3)c12. The van der Waals surface area contributed by atoms with Crippen molar-refractivity contribution < 1.29 is 30.5 Å². The van der Waals surface area contributed by atoms with Crippen LogP contribution in [0.25, 0.3) is 10.8 Å². The highest BCUT2D eigenvalue weighted by molar-refractivity contribution is 7.87. The van der Waals surface area contributed by atoms with Gasteiger partial charge in [0.1, 0.15) is 6.61 Å². The molecule has 0 saturated carbocycles. The number of hydrogen-bond acceptors (Lipinski definition) is 8. The second-order valence-electron chi connectivity index (χ2n) is 9.43. The molecule has 3 heterocycles. The molecule has 0 N–H and O–H groups in total. The van der Waals surface area contributed by atoms with Crippen molar-refractivity contribution in [3.8, 4) is 11.9 Å². The monoisotopic (exact) mass is 536 g/mol. The summed E-state index contributed by atoms with van der Waals surface area (Å²) in [6.45, 7) is 3.81. The maximum atomic E-state index is 13.1. The van der Waals surface area contributed by atoms with E-state index in [9.17, 15) is 21.6 Å². The summed E-state index contributed by atoms with van der Waals surface area (Å²) in [4.78, 5) is 12.6. The second kappa shape index (κ2) is 9.64. The fraction of sp³-hybridized carbons (Fsp3) is 0.440. The van der Waals surface area contributed by atoms with Gasteiger partial charge in [-0.3, -0.25) is 0 Å². The van der Waals surface area contributed by atoms with Crippen molar-refractivity contribution in [1.29, 1.82) is 0 Å². The Morgan fingerprint density at radius 1 is 1.11 bits per heavy atom. The molecule has 0 radical (unpaired) electrons. The van der Waals surface area contributed by atoms with Crippen LogP contribution >= 0.6 is 0 Å². The zero-order valence-electron chi connectivity index (χ0n) is 20.5. The van der Waals surface area contributed by atoms with Crippen LogP contribution in [0.4, 0.5) is 18.9 Å². The summed E-state index contributed by atoms with van der Waals surface area (Å²) in [6.07, 6.45) is 2.11. The molecule has 5 rings (SSSR count). The normalized spacial score (nSPS) is 18.7. The van der Waals surface area contributed by atoms with E-state index in [1.807, 2.05) is 50.4 Å². The Labute approximate surface area is 213 Å². The van der Waals surface area contributed by atoms with Crippen LogP contribution in [0.15, 0.2) is 36.4 Å². The first kappa shape index (κ1) is 25.5. The molecule has 1 saturated heterocycles. The zero-order chi connectivity index (χ0) is 26.4. The number of halogens is 3. The largest absolute Gasteiger partial charge is 0.534 e. The van der Waals surface area contributed by atoms with Crippen LogP contribution in [0.2, 0.25) is 0 Å². The minimum Gasteiger partial charge on any atom is -0.462 e. The molecule has 2 aromatic carbocycles. The molecule has 1 aromatic heterocycles. The van der Waals surface area contributed by atoms with E-state index in [1.165, 1.54) is 0 Å². The predicted octanol–water partition coefficient (Wildman–Crippen LogP) is 4.20. The lowest BCUT2D eigenvalue weighted by molar-refractivity contribution is -0.0502. The van der Waals surface area contributed by atoms with E-state index in [4.69, 9.17) is 4.74 Å². The highest BCUT2D eigenvalue weighted by Crippen LogP contribution is 2.36.